The summed E-state index contributed by atoms with van der Waals surface area (Å²) in [6.07, 6.45) is 3.25. The lowest BCUT2D eigenvalue weighted by atomic mass is 9.90. The highest BCUT2D eigenvalue weighted by Crippen LogP contribution is 2.45. The zero-order valence-electron chi connectivity index (χ0n) is 33.6. The number of nitrogens with one attached hydrogen (secondary N) is 2. The van der Waals surface area contributed by atoms with Crippen LogP contribution in [-0.4, -0.2) is 81.5 Å². The van der Waals surface area contributed by atoms with Gasteiger partial charge in [-0.1, -0.05) is 45.9 Å². The van der Waals surface area contributed by atoms with Gasteiger partial charge in [0, 0.05) is 30.8 Å². The van der Waals surface area contributed by atoms with E-state index in [0.717, 1.165) is 74.5 Å². The Labute approximate surface area is 328 Å². The molecule has 5 heterocycles. The number of ether oxygens (including phenoxy) is 3. The summed E-state index contributed by atoms with van der Waals surface area (Å²) in [6, 6.07) is 14.0. The van der Waals surface area contributed by atoms with Crippen molar-refractivity contribution in [2.45, 2.75) is 98.1 Å². The Bertz CT molecular complexity index is 2250. The van der Waals surface area contributed by atoms with Gasteiger partial charge in [0.2, 0.25) is 5.91 Å². The van der Waals surface area contributed by atoms with Crippen LogP contribution in [0.3, 0.4) is 0 Å². The minimum Gasteiger partial charge on any atom is -0.488 e. The molecular formula is C44H52N6O6. The quantitative estimate of drug-likeness (QED) is 0.202. The van der Waals surface area contributed by atoms with Gasteiger partial charge in [-0.15, -0.1) is 0 Å². The molecule has 56 heavy (non-hydrogen) atoms. The Kier molecular flexibility index (Phi) is 9.57. The molecule has 0 unspecified atom stereocenters. The number of rotatable bonds is 6. The number of aromatic amines is 1. The van der Waals surface area contributed by atoms with E-state index in [1.807, 2.05) is 50.6 Å². The monoisotopic (exact) mass is 760 g/mol. The predicted octanol–water partition coefficient (Wildman–Crippen LogP) is 8.35. The van der Waals surface area contributed by atoms with Gasteiger partial charge in [0.1, 0.15) is 29.8 Å². The van der Waals surface area contributed by atoms with Gasteiger partial charge in [0.25, 0.3) is 0 Å². The highest BCUT2D eigenvalue weighted by atomic mass is 16.6. The number of aromatic nitrogens is 2. The third-order valence-corrected chi connectivity index (χ3v) is 11.5. The summed E-state index contributed by atoms with van der Waals surface area (Å²) in [5.41, 5.74) is 7.67. The van der Waals surface area contributed by atoms with E-state index >= 15 is 0 Å². The minimum absolute atomic E-state index is 0.0843. The number of nitrogens with zero attached hydrogens (tertiary/aromatic N) is 4. The van der Waals surface area contributed by atoms with Crippen LogP contribution < -0.4 is 10.1 Å². The zero-order chi connectivity index (χ0) is 39.6. The number of imidazole rings is 1. The van der Waals surface area contributed by atoms with Gasteiger partial charge in [0.05, 0.1) is 36.8 Å². The molecule has 5 atom stereocenters. The molecular weight excluding hydrogens is 709 g/mol. The summed E-state index contributed by atoms with van der Waals surface area (Å²) in [4.78, 5) is 56.1. The van der Waals surface area contributed by atoms with Crippen molar-refractivity contribution in [3.8, 4) is 28.1 Å². The number of fused-ring (bicyclic) bond motifs is 6. The molecule has 3 amide bonds. The first kappa shape index (κ1) is 37.5. The Balaban J connectivity index is 1.02. The summed E-state index contributed by atoms with van der Waals surface area (Å²) in [5, 5.41) is 4.96. The van der Waals surface area contributed by atoms with Crippen LogP contribution in [-0.2, 0) is 27.3 Å². The highest BCUT2D eigenvalue weighted by molar-refractivity contribution is 6.06. The molecule has 12 nitrogen and oxygen atoms in total. The van der Waals surface area contributed by atoms with Crippen LogP contribution >= 0.6 is 0 Å². The molecule has 0 saturated carbocycles. The van der Waals surface area contributed by atoms with Crippen molar-refractivity contribution in [2.75, 3.05) is 20.2 Å². The second-order valence-corrected chi connectivity index (χ2v) is 17.4. The van der Waals surface area contributed by atoms with Gasteiger partial charge in [-0.25, -0.2) is 14.6 Å². The van der Waals surface area contributed by atoms with E-state index in [4.69, 9.17) is 24.2 Å². The highest BCUT2D eigenvalue weighted by Gasteiger charge is 2.41. The lowest BCUT2D eigenvalue weighted by Crippen LogP contribution is -2.51. The SMILES string of the molecule is COC(=O)N[C@H](C(=O)N1C[C@@H](C)C[C@H]1c1ncc(-c2ccc3c(c2)COc2cc4c5c(ccc4cc2-3)N=C([C@@H]2C[C@H](C)CN2C(=O)OC(C)(C)C)C5)[nH]1)C(C)C. The van der Waals surface area contributed by atoms with Crippen LogP contribution in [0.2, 0.25) is 0 Å². The van der Waals surface area contributed by atoms with E-state index in [9.17, 15) is 14.4 Å². The van der Waals surface area contributed by atoms with Gasteiger partial charge >= 0.3 is 12.2 Å². The Morgan fingerprint density at radius 1 is 0.964 bits per heavy atom. The predicted molar refractivity (Wildman–Crippen MR) is 215 cm³/mol. The molecule has 2 N–H and O–H groups in total. The number of carbonyl (C=O) groups excluding carboxylic acids is 3. The van der Waals surface area contributed by atoms with Gasteiger partial charge < -0.3 is 29.4 Å². The normalized spacial score (nSPS) is 22.0. The lowest BCUT2D eigenvalue weighted by Gasteiger charge is -2.30. The van der Waals surface area contributed by atoms with Crippen LogP contribution in [0.4, 0.5) is 15.3 Å². The molecule has 3 aromatic carbocycles. The number of carbonyl (C=O) groups is 3. The standard InChI is InChI=1S/C44H52N6O6/c1-23(2)39(48-42(52)54-8)41(51)49-20-25(4)14-37(49)40-45-19-35(47-40)27-9-11-29-28(15-27)22-55-38-18-30-26(16-32(29)38)10-12-33-31(30)17-34(46-33)36-13-24(3)21-50(36)43(53)56-44(5,6)7/h9-12,15-16,18-19,23-25,36-37,39H,13-14,17,20-22H2,1-8H3,(H,45,47)(H,48,52)/t24-,25-,36-,37-,39-/m0/s1. The fourth-order valence-corrected chi connectivity index (χ4v) is 8.85. The first-order chi connectivity index (χ1) is 26.7. The maximum atomic E-state index is 13.8. The van der Waals surface area contributed by atoms with E-state index < -0.39 is 17.7 Å². The molecule has 0 aliphatic carbocycles. The Hall–Kier alpha value is -5.39. The maximum absolute atomic E-state index is 13.8. The molecule has 4 aromatic rings. The number of aliphatic imine (C=N–C) groups is 1. The lowest BCUT2D eigenvalue weighted by molar-refractivity contribution is -0.135. The van der Waals surface area contributed by atoms with Gasteiger partial charge in [0.15, 0.2) is 0 Å². The molecule has 8 rings (SSSR count). The Morgan fingerprint density at radius 2 is 1.71 bits per heavy atom. The minimum atomic E-state index is -0.699. The smallest absolute Gasteiger partial charge is 0.410 e. The number of hydrogen-bond acceptors (Lipinski definition) is 8. The second-order valence-electron chi connectivity index (χ2n) is 17.4. The molecule has 0 spiro atoms. The van der Waals surface area contributed by atoms with Gasteiger partial charge in [-0.2, -0.15) is 0 Å². The van der Waals surface area contributed by atoms with E-state index in [2.05, 4.69) is 66.6 Å². The average Bonchev–Trinajstić information content (AvgIpc) is 3.97. The molecule has 294 valence electrons. The number of likely N-dealkylation sites (tertiary alicyclic amines) is 2. The van der Waals surface area contributed by atoms with E-state index in [1.165, 1.54) is 12.7 Å². The summed E-state index contributed by atoms with van der Waals surface area (Å²) in [7, 11) is 1.30. The van der Waals surface area contributed by atoms with Crippen LogP contribution in [0.25, 0.3) is 33.2 Å². The molecule has 1 aromatic heterocycles. The zero-order valence-corrected chi connectivity index (χ0v) is 33.6. The number of amides is 3. The van der Waals surface area contributed by atoms with Crippen molar-refractivity contribution in [1.82, 2.24) is 25.1 Å². The van der Waals surface area contributed by atoms with Gasteiger partial charge in [-0.3, -0.25) is 14.7 Å². The van der Waals surface area contributed by atoms with E-state index in [0.29, 0.717) is 32.0 Å². The van der Waals surface area contributed by atoms with Crippen LogP contribution in [0.15, 0.2) is 53.7 Å². The first-order valence-corrected chi connectivity index (χ1v) is 19.8. The van der Waals surface area contributed by atoms with Crippen molar-refractivity contribution >= 4 is 40.3 Å². The fourth-order valence-electron chi connectivity index (χ4n) is 8.85. The van der Waals surface area contributed by atoms with Crippen molar-refractivity contribution in [3.05, 3.63) is 65.6 Å². The van der Waals surface area contributed by atoms with Crippen molar-refractivity contribution < 1.29 is 28.6 Å². The summed E-state index contributed by atoms with van der Waals surface area (Å²) < 4.78 is 17.0. The van der Waals surface area contributed by atoms with Crippen LogP contribution in [0.5, 0.6) is 5.75 Å². The summed E-state index contributed by atoms with van der Waals surface area (Å²) in [5.74, 6) is 1.96. The topological polar surface area (TPSA) is 138 Å². The summed E-state index contributed by atoms with van der Waals surface area (Å²) >= 11 is 0. The van der Waals surface area contributed by atoms with E-state index in [1.54, 1.807) is 0 Å². The van der Waals surface area contributed by atoms with Crippen LogP contribution in [0, 0.1) is 17.8 Å². The number of methoxy groups -OCH3 is 1. The number of H-pyrrole nitrogens is 1. The van der Waals surface area contributed by atoms with E-state index in [-0.39, 0.29) is 35.9 Å². The van der Waals surface area contributed by atoms with Crippen LogP contribution in [0.1, 0.15) is 84.3 Å². The van der Waals surface area contributed by atoms with Crippen molar-refractivity contribution in [2.24, 2.45) is 22.7 Å². The molecule has 4 aliphatic heterocycles. The summed E-state index contributed by atoms with van der Waals surface area (Å²) in [6.45, 7) is 15.5. The third kappa shape index (κ3) is 6.98. The Morgan fingerprint density at radius 3 is 2.45 bits per heavy atom. The fraction of sp³-hybridized carbons (Fsp3) is 0.477. The third-order valence-electron chi connectivity index (χ3n) is 11.5. The largest absolute Gasteiger partial charge is 0.488 e. The van der Waals surface area contributed by atoms with Crippen molar-refractivity contribution in [3.63, 3.8) is 0 Å². The molecule has 0 radical (unpaired) electrons. The maximum Gasteiger partial charge on any atom is 0.410 e. The molecule has 2 saturated heterocycles. The molecule has 12 heteroatoms. The second kappa shape index (κ2) is 14.3. The van der Waals surface area contributed by atoms with Crippen molar-refractivity contribution in [1.29, 1.82) is 0 Å². The molecule has 4 aliphatic rings. The molecule has 2 fully saturated rings. The number of alkyl carbamates (subject to hydrolysis) is 1. The number of hydrogen-bond donors (Lipinski definition) is 2. The molecule has 0 bridgehead atoms. The first-order valence-electron chi connectivity index (χ1n) is 19.8. The van der Waals surface area contributed by atoms with Gasteiger partial charge in [-0.05, 0) is 109 Å². The average molecular weight is 761 g/mol. The number of benzene rings is 3.